The fourth-order valence-electron chi connectivity index (χ4n) is 1.74. The maximum atomic E-state index is 8.55. The van der Waals surface area contributed by atoms with E-state index in [0.29, 0.717) is 0 Å². The number of hydrogen-bond donors (Lipinski definition) is 0. The van der Waals surface area contributed by atoms with Crippen LogP contribution in [0.4, 0.5) is 0 Å². The Morgan fingerprint density at radius 2 is 0.615 bits per heavy atom. The molecule has 0 rings (SSSR count). The fourth-order valence-corrected chi connectivity index (χ4v) is 1.74. The van der Waals surface area contributed by atoms with Gasteiger partial charge in [-0.3, -0.25) is 0 Å². The van der Waals surface area contributed by atoms with E-state index in [2.05, 4.69) is 13.8 Å². The number of unbranched alkanes of at least 4 members (excludes halogenated alkanes) is 10. The molecule has 9 nitrogen and oxygen atoms in total. The fraction of sp³-hybridized carbons (Fsp3) is 1.00. The first-order valence-corrected chi connectivity index (χ1v) is 11.8. The quantitative estimate of drug-likeness (QED) is 0.341. The average Bonchev–Trinajstić information content (AvgIpc) is 2.44. The zero-order chi connectivity index (χ0) is 20.8. The minimum atomic E-state index is -5.39. The van der Waals surface area contributed by atoms with Gasteiger partial charge in [0.15, 0.2) is 0 Å². The van der Waals surface area contributed by atoms with Crippen molar-refractivity contribution >= 4 is 15.6 Å². The Balaban J connectivity index is -0.0000000942. The van der Waals surface area contributed by atoms with Crippen molar-refractivity contribution in [3.8, 4) is 0 Å². The third-order valence-electron chi connectivity index (χ3n) is 2.71. The van der Waals surface area contributed by atoms with Crippen LogP contribution in [0.15, 0.2) is 0 Å². The third kappa shape index (κ3) is 125. The molecule has 11 heteroatoms. The van der Waals surface area contributed by atoms with Crippen LogP contribution in [0.5, 0.6) is 0 Å². The lowest BCUT2D eigenvalue weighted by molar-refractivity contribution is -0.434. The Morgan fingerprint density at radius 1 is 0.500 bits per heavy atom. The van der Waals surface area contributed by atoms with Gasteiger partial charge in [0.2, 0.25) is 0 Å². The monoisotopic (exact) mass is 422 g/mol. The smallest absolute Gasteiger partial charge is 0.0533 e. The van der Waals surface area contributed by atoms with Crippen molar-refractivity contribution in [3.63, 3.8) is 0 Å². The van der Waals surface area contributed by atoms with Gasteiger partial charge in [-0.1, -0.05) is 98.3 Å². The van der Waals surface area contributed by atoms with Gasteiger partial charge in [-0.15, -0.1) is 0 Å². The number of hydrogen-bond acceptors (Lipinski definition) is 8. The lowest BCUT2D eigenvalue weighted by Crippen LogP contribution is -2.24. The number of rotatable bonds is 10. The summed E-state index contributed by atoms with van der Waals surface area (Å²) in [7, 11) is -10.8. The molecule has 0 aromatic carbocycles. The van der Waals surface area contributed by atoms with Gasteiger partial charge >= 0.3 is 0 Å². The third-order valence-corrected chi connectivity index (χ3v) is 2.71. The summed E-state index contributed by atoms with van der Waals surface area (Å²) in [5, 5.41) is 0. The van der Waals surface area contributed by atoms with Crippen LogP contribution in [-0.4, -0.2) is 5.48 Å². The lowest BCUT2D eigenvalue weighted by Gasteiger charge is -2.36. The van der Waals surface area contributed by atoms with Crippen LogP contribution in [0.1, 0.15) is 98.3 Å². The summed E-state index contributed by atoms with van der Waals surface area (Å²) in [5.41, 5.74) is 0. The molecule has 0 heterocycles. The van der Waals surface area contributed by atoms with Crippen molar-refractivity contribution in [1.29, 1.82) is 0 Å². The standard InChI is InChI=1S/C13H28.C2H6.2H3O4P.H2O/c1-3-5-7-9-11-13-12-10-8-6-4-2;1-2;2*1-5(2,3)4;/h3-13H2,1-2H3;1-2H3;2*(H3,1,2,3,4);1H2/p-6. The molecule has 0 atom stereocenters. The van der Waals surface area contributed by atoms with Gasteiger partial charge in [0, 0.05) is 0 Å². The molecule has 0 unspecified atom stereocenters. The highest BCUT2D eigenvalue weighted by molar-refractivity contribution is 7.40. The molecule has 0 aromatic heterocycles. The highest BCUT2D eigenvalue weighted by Gasteiger charge is 1.90. The molecule has 0 aliphatic rings. The van der Waals surface area contributed by atoms with Crippen molar-refractivity contribution in [1.82, 2.24) is 0 Å². The Kier molecular flexibility index (Phi) is 39.0. The topological polar surface area (TPSA) is 204 Å². The maximum absolute atomic E-state index is 8.55. The van der Waals surface area contributed by atoms with E-state index in [-0.39, 0.29) is 5.48 Å². The summed E-state index contributed by atoms with van der Waals surface area (Å²) < 4.78 is 17.1. The van der Waals surface area contributed by atoms with E-state index in [9.17, 15) is 0 Å². The van der Waals surface area contributed by atoms with Crippen molar-refractivity contribution in [3.05, 3.63) is 0 Å². The summed E-state index contributed by atoms with van der Waals surface area (Å²) in [5.74, 6) is 0. The summed E-state index contributed by atoms with van der Waals surface area (Å²) >= 11 is 0. The first-order chi connectivity index (χ1) is 11.4. The first kappa shape index (κ1) is 37.0. The molecule has 0 amide bonds. The van der Waals surface area contributed by atoms with Crippen molar-refractivity contribution in [2.75, 3.05) is 0 Å². The Bertz CT molecular complexity index is 270. The molecule has 0 aliphatic heterocycles. The Labute approximate surface area is 158 Å². The van der Waals surface area contributed by atoms with E-state index in [4.69, 9.17) is 38.5 Å². The van der Waals surface area contributed by atoms with Crippen LogP contribution in [0.2, 0.25) is 0 Å². The molecule has 0 bridgehead atoms. The van der Waals surface area contributed by atoms with Gasteiger partial charge in [0.1, 0.15) is 0 Å². The molecule has 0 aromatic rings. The van der Waals surface area contributed by atoms with Crippen LogP contribution in [0.3, 0.4) is 0 Å². The minimum Gasteiger partial charge on any atom is -0.822 e. The molecule has 0 radical (unpaired) electrons. The van der Waals surface area contributed by atoms with Gasteiger partial charge in [0.25, 0.3) is 0 Å². The predicted molar refractivity (Wildman–Crippen MR) is 92.3 cm³/mol. The summed E-state index contributed by atoms with van der Waals surface area (Å²) in [6.07, 6.45) is 15.9. The minimum absolute atomic E-state index is 0. The SMILES string of the molecule is CC.CCCCCCCCCCCCC.O.O=P([O-])([O-])[O-].O=P([O-])([O-])[O-]. The van der Waals surface area contributed by atoms with E-state index in [1.165, 1.54) is 70.6 Å². The van der Waals surface area contributed by atoms with Gasteiger partial charge in [0.05, 0.1) is 0 Å². The zero-order valence-electron chi connectivity index (χ0n) is 16.4. The summed E-state index contributed by atoms with van der Waals surface area (Å²) in [4.78, 5) is 51.3. The summed E-state index contributed by atoms with van der Waals surface area (Å²) in [6, 6.07) is 0. The van der Waals surface area contributed by atoms with Crippen molar-refractivity contribution in [2.45, 2.75) is 98.3 Å². The molecule has 0 fully saturated rings. The van der Waals surface area contributed by atoms with E-state index in [1.54, 1.807) is 0 Å². The highest BCUT2D eigenvalue weighted by atomic mass is 31.2. The molecule has 166 valence electrons. The van der Waals surface area contributed by atoms with Crippen molar-refractivity contribution < 1.29 is 44.0 Å². The van der Waals surface area contributed by atoms with Crippen LogP contribution < -0.4 is 29.4 Å². The second-order valence-corrected chi connectivity index (χ2v) is 6.87. The van der Waals surface area contributed by atoms with E-state index >= 15 is 0 Å². The van der Waals surface area contributed by atoms with Crippen LogP contribution in [-0.2, 0) is 9.13 Å². The van der Waals surface area contributed by atoms with Gasteiger partial charge < -0.3 is 44.0 Å². The molecular formula is C15H36O9P2-6. The number of phosphoric acid groups is 2. The predicted octanol–water partition coefficient (Wildman–Crippen LogP) is -0.130. The van der Waals surface area contributed by atoms with Crippen LogP contribution >= 0.6 is 15.6 Å². The van der Waals surface area contributed by atoms with Gasteiger partial charge in [-0.25, -0.2) is 0 Å². The molecule has 2 N–H and O–H groups in total. The molecular weight excluding hydrogens is 386 g/mol. The van der Waals surface area contributed by atoms with Crippen LogP contribution in [0.25, 0.3) is 0 Å². The largest absolute Gasteiger partial charge is 0.822 e. The van der Waals surface area contributed by atoms with Gasteiger partial charge in [-0.05, 0) is 0 Å². The lowest BCUT2D eigenvalue weighted by atomic mass is 10.1. The maximum Gasteiger partial charge on any atom is -0.0533 e. The first-order valence-electron chi connectivity index (χ1n) is 8.87. The van der Waals surface area contributed by atoms with E-state index in [1.807, 2.05) is 13.8 Å². The molecule has 0 saturated carbocycles. The van der Waals surface area contributed by atoms with E-state index < -0.39 is 15.6 Å². The second-order valence-electron chi connectivity index (χ2n) is 5.08. The van der Waals surface area contributed by atoms with Gasteiger partial charge in [-0.2, -0.15) is 15.6 Å². The Morgan fingerprint density at radius 3 is 0.731 bits per heavy atom. The Hall–Kier alpha value is 0.180. The molecule has 26 heavy (non-hydrogen) atoms. The van der Waals surface area contributed by atoms with E-state index in [0.717, 1.165) is 0 Å². The summed E-state index contributed by atoms with van der Waals surface area (Å²) in [6.45, 7) is 8.56. The average molecular weight is 422 g/mol. The molecule has 0 aliphatic carbocycles. The second kappa shape index (κ2) is 27.4. The highest BCUT2D eigenvalue weighted by Crippen LogP contribution is 2.10. The van der Waals surface area contributed by atoms with Crippen molar-refractivity contribution in [2.24, 2.45) is 0 Å². The molecule has 0 spiro atoms. The molecule has 0 saturated heterocycles. The normalized spacial score (nSPS) is 10.1. The van der Waals surface area contributed by atoms with Crippen LogP contribution in [0, 0.1) is 0 Å². The zero-order valence-corrected chi connectivity index (χ0v) is 18.2.